The van der Waals surface area contributed by atoms with Gasteiger partial charge in [0, 0.05) is 24.9 Å². The molecule has 4 heteroatoms. The van der Waals surface area contributed by atoms with Crippen molar-refractivity contribution >= 4 is 11.7 Å². The quantitative estimate of drug-likeness (QED) is 0.688. The predicted octanol–water partition coefficient (Wildman–Crippen LogP) is 4.17. The lowest BCUT2D eigenvalue weighted by Crippen LogP contribution is -2.23. The summed E-state index contributed by atoms with van der Waals surface area (Å²) in [6.45, 7) is 4.76. The van der Waals surface area contributed by atoms with Crippen molar-refractivity contribution in [1.82, 2.24) is 5.32 Å². The van der Waals surface area contributed by atoms with Gasteiger partial charge in [0.15, 0.2) is 5.78 Å². The van der Waals surface area contributed by atoms with Crippen molar-refractivity contribution in [3.05, 3.63) is 65.2 Å². The molecule has 0 radical (unpaired) electrons. The summed E-state index contributed by atoms with van der Waals surface area (Å²) in [5.74, 6) is 1.22. The Morgan fingerprint density at radius 2 is 1.73 bits per heavy atom. The van der Waals surface area contributed by atoms with Crippen molar-refractivity contribution in [1.29, 1.82) is 0 Å². The third-order valence-corrected chi connectivity index (χ3v) is 4.12. The molecule has 2 aromatic rings. The molecule has 4 nitrogen and oxygen atoms in total. The molecular weight excluding hydrogens is 326 g/mol. The van der Waals surface area contributed by atoms with Crippen LogP contribution in [0.25, 0.3) is 0 Å². The highest BCUT2D eigenvalue weighted by Gasteiger charge is 2.10. The molecule has 1 amide bonds. The number of rotatable bonds is 9. The van der Waals surface area contributed by atoms with Crippen LogP contribution in [0, 0.1) is 5.92 Å². The zero-order valence-corrected chi connectivity index (χ0v) is 15.7. The van der Waals surface area contributed by atoms with E-state index < -0.39 is 0 Å². The van der Waals surface area contributed by atoms with Gasteiger partial charge in [0.25, 0.3) is 0 Å². The molecule has 0 saturated carbocycles. The number of ether oxygens (including phenoxy) is 1. The molecule has 0 saturated heterocycles. The second-order valence-electron chi connectivity index (χ2n) is 6.85. The Hall–Kier alpha value is -2.62. The topological polar surface area (TPSA) is 55.4 Å². The van der Waals surface area contributed by atoms with E-state index in [2.05, 4.69) is 19.2 Å². The summed E-state index contributed by atoms with van der Waals surface area (Å²) in [4.78, 5) is 24.2. The fraction of sp³-hybridized carbons (Fsp3) is 0.364. The number of benzene rings is 2. The molecule has 0 aromatic heterocycles. The van der Waals surface area contributed by atoms with Crippen LogP contribution in [0.2, 0.25) is 0 Å². The van der Waals surface area contributed by atoms with Crippen LogP contribution < -0.4 is 10.1 Å². The van der Waals surface area contributed by atoms with Crippen molar-refractivity contribution in [2.24, 2.45) is 5.92 Å². The molecule has 1 N–H and O–H groups in total. The van der Waals surface area contributed by atoms with E-state index in [4.69, 9.17) is 4.74 Å². The first-order chi connectivity index (χ1) is 12.5. The average molecular weight is 353 g/mol. The number of Topliss-reactive ketones (excluding diaryl/α,β-unsaturated/α-hetero) is 1. The van der Waals surface area contributed by atoms with Crippen LogP contribution in [0.4, 0.5) is 0 Å². The van der Waals surface area contributed by atoms with Gasteiger partial charge in [-0.3, -0.25) is 9.59 Å². The second-order valence-corrected chi connectivity index (χ2v) is 6.85. The number of carbonyl (C=O) groups is 2. The Balaban J connectivity index is 1.78. The van der Waals surface area contributed by atoms with Gasteiger partial charge in [-0.2, -0.15) is 0 Å². The Bertz CT molecular complexity index is 735. The molecular formula is C22H27NO3. The van der Waals surface area contributed by atoms with Gasteiger partial charge in [0.05, 0.1) is 7.11 Å². The Kier molecular flexibility index (Phi) is 7.39. The molecule has 0 atom stereocenters. The lowest BCUT2D eigenvalue weighted by Gasteiger charge is -2.08. The van der Waals surface area contributed by atoms with Crippen LogP contribution >= 0.6 is 0 Å². The summed E-state index contributed by atoms with van der Waals surface area (Å²) in [5.41, 5.74) is 2.86. The van der Waals surface area contributed by atoms with Gasteiger partial charge >= 0.3 is 0 Å². The minimum atomic E-state index is -0.127. The van der Waals surface area contributed by atoms with Crippen LogP contribution in [0.3, 0.4) is 0 Å². The highest BCUT2D eigenvalue weighted by Crippen LogP contribution is 2.13. The van der Waals surface area contributed by atoms with E-state index in [-0.39, 0.29) is 24.5 Å². The summed E-state index contributed by atoms with van der Waals surface area (Å²) in [5, 5.41) is 2.84. The Labute approximate surface area is 155 Å². The molecule has 2 aromatic carbocycles. The fourth-order valence-corrected chi connectivity index (χ4v) is 2.74. The van der Waals surface area contributed by atoms with E-state index in [0.29, 0.717) is 18.0 Å². The zero-order chi connectivity index (χ0) is 18.9. The molecule has 0 aliphatic carbocycles. The number of nitrogens with one attached hydrogen (secondary N) is 1. The lowest BCUT2D eigenvalue weighted by atomic mass is 9.99. The monoisotopic (exact) mass is 353 g/mol. The fourth-order valence-electron chi connectivity index (χ4n) is 2.74. The van der Waals surface area contributed by atoms with E-state index in [0.717, 1.165) is 17.7 Å². The van der Waals surface area contributed by atoms with Crippen molar-refractivity contribution in [3.63, 3.8) is 0 Å². The standard InChI is InChI=1S/C22H27NO3/c1-16(2)13-17-7-9-19(10-8-17)21(24)11-12-22(25)23-15-18-5-4-6-20(14-18)26-3/h4-10,14,16H,11-13,15H2,1-3H3,(H,23,25). The first kappa shape index (κ1) is 19.7. The smallest absolute Gasteiger partial charge is 0.220 e. The van der Waals surface area contributed by atoms with Crippen molar-refractivity contribution in [3.8, 4) is 5.75 Å². The number of methoxy groups -OCH3 is 1. The van der Waals surface area contributed by atoms with Crippen LogP contribution in [0.1, 0.15) is 48.2 Å². The van der Waals surface area contributed by atoms with Gasteiger partial charge in [0.1, 0.15) is 5.75 Å². The van der Waals surface area contributed by atoms with Crippen LogP contribution in [-0.4, -0.2) is 18.8 Å². The van der Waals surface area contributed by atoms with Crippen molar-refractivity contribution in [2.75, 3.05) is 7.11 Å². The third kappa shape index (κ3) is 6.36. The maximum absolute atomic E-state index is 12.2. The first-order valence-corrected chi connectivity index (χ1v) is 8.99. The highest BCUT2D eigenvalue weighted by atomic mass is 16.5. The van der Waals surface area contributed by atoms with Gasteiger partial charge < -0.3 is 10.1 Å². The normalized spacial score (nSPS) is 10.6. The summed E-state index contributed by atoms with van der Waals surface area (Å²) in [6.07, 6.45) is 1.41. The maximum atomic E-state index is 12.2. The second kappa shape index (κ2) is 9.76. The van der Waals surface area contributed by atoms with Crippen LogP contribution in [0.15, 0.2) is 48.5 Å². The van der Waals surface area contributed by atoms with Crippen molar-refractivity contribution < 1.29 is 14.3 Å². The van der Waals surface area contributed by atoms with Gasteiger partial charge in [-0.1, -0.05) is 50.2 Å². The molecule has 0 bridgehead atoms. The van der Waals surface area contributed by atoms with E-state index in [1.54, 1.807) is 7.11 Å². The minimum Gasteiger partial charge on any atom is -0.497 e. The largest absolute Gasteiger partial charge is 0.497 e. The molecule has 0 aliphatic rings. The summed E-state index contributed by atoms with van der Waals surface area (Å²) < 4.78 is 5.16. The zero-order valence-electron chi connectivity index (χ0n) is 15.7. The van der Waals surface area contributed by atoms with Gasteiger partial charge in [-0.05, 0) is 35.6 Å². The van der Waals surface area contributed by atoms with Crippen molar-refractivity contribution in [2.45, 2.75) is 39.7 Å². The SMILES string of the molecule is COc1cccc(CNC(=O)CCC(=O)c2ccc(CC(C)C)cc2)c1. The molecule has 0 heterocycles. The predicted molar refractivity (Wildman–Crippen MR) is 103 cm³/mol. The third-order valence-electron chi connectivity index (χ3n) is 4.12. The summed E-state index contributed by atoms with van der Waals surface area (Å²) in [6, 6.07) is 15.2. The molecule has 0 unspecified atom stereocenters. The van der Waals surface area contributed by atoms with Gasteiger partial charge in [0.2, 0.25) is 5.91 Å². The maximum Gasteiger partial charge on any atom is 0.220 e. The number of hydrogen-bond donors (Lipinski definition) is 1. The van der Waals surface area contributed by atoms with Gasteiger partial charge in [-0.15, -0.1) is 0 Å². The van der Waals surface area contributed by atoms with E-state index in [1.807, 2.05) is 48.5 Å². The summed E-state index contributed by atoms with van der Waals surface area (Å²) >= 11 is 0. The average Bonchev–Trinajstić information content (AvgIpc) is 2.64. The first-order valence-electron chi connectivity index (χ1n) is 8.99. The van der Waals surface area contributed by atoms with E-state index in [1.165, 1.54) is 5.56 Å². The van der Waals surface area contributed by atoms with Gasteiger partial charge in [-0.25, -0.2) is 0 Å². The molecule has 0 fully saturated rings. The Morgan fingerprint density at radius 1 is 1.00 bits per heavy atom. The highest BCUT2D eigenvalue weighted by molar-refractivity contribution is 5.97. The van der Waals surface area contributed by atoms with Crippen LogP contribution in [0.5, 0.6) is 5.75 Å². The Morgan fingerprint density at radius 3 is 2.38 bits per heavy atom. The number of ketones is 1. The molecule has 0 spiro atoms. The lowest BCUT2D eigenvalue weighted by molar-refractivity contribution is -0.121. The number of amides is 1. The number of carbonyl (C=O) groups excluding carboxylic acids is 2. The summed E-state index contributed by atoms with van der Waals surface area (Å²) in [7, 11) is 1.61. The minimum absolute atomic E-state index is 0.00220. The van der Waals surface area contributed by atoms with Crippen LogP contribution in [-0.2, 0) is 17.8 Å². The molecule has 138 valence electrons. The number of hydrogen-bond acceptors (Lipinski definition) is 3. The van der Waals surface area contributed by atoms with E-state index >= 15 is 0 Å². The molecule has 0 aliphatic heterocycles. The molecule has 2 rings (SSSR count). The van der Waals surface area contributed by atoms with E-state index in [9.17, 15) is 9.59 Å². The molecule has 26 heavy (non-hydrogen) atoms.